The molecule has 0 aliphatic carbocycles. The Morgan fingerprint density at radius 2 is 1.95 bits per heavy atom. The third-order valence-corrected chi connectivity index (χ3v) is 3.98. The molecule has 0 saturated heterocycles. The second kappa shape index (κ2) is 5.66. The first-order chi connectivity index (χ1) is 8.97. The van der Waals surface area contributed by atoms with E-state index in [1.807, 2.05) is 12.1 Å². The smallest absolute Gasteiger partial charge is 0.335 e. The number of hydrogen-bond donors (Lipinski definition) is 2. The van der Waals surface area contributed by atoms with Crippen LogP contribution in [0.1, 0.15) is 15.2 Å². The molecule has 100 valence electrons. The number of benzene rings is 1. The Morgan fingerprint density at radius 1 is 1.32 bits per heavy atom. The zero-order chi connectivity index (χ0) is 14.0. The number of thiophene rings is 1. The molecule has 2 rings (SSSR count). The van der Waals surface area contributed by atoms with Crippen molar-refractivity contribution in [3.63, 3.8) is 0 Å². The van der Waals surface area contributed by atoms with Gasteiger partial charge in [0.1, 0.15) is 17.3 Å². The average molecular weight is 348 g/mol. The Kier molecular flexibility index (Phi) is 4.16. The number of carboxylic acids is 1. The number of anilines is 1. The lowest BCUT2D eigenvalue weighted by Crippen LogP contribution is -2.06. The summed E-state index contributed by atoms with van der Waals surface area (Å²) in [5.41, 5.74) is -0.742. The summed E-state index contributed by atoms with van der Waals surface area (Å²) in [6, 6.07) is 5.24. The van der Waals surface area contributed by atoms with Crippen LogP contribution in [0.5, 0.6) is 0 Å². The first-order valence-corrected chi connectivity index (χ1v) is 6.78. The van der Waals surface area contributed by atoms with Crippen LogP contribution in [0.4, 0.5) is 14.5 Å². The molecule has 0 unspecified atom stereocenters. The minimum absolute atomic E-state index is 0.260. The largest absolute Gasteiger partial charge is 0.478 e. The van der Waals surface area contributed by atoms with Crippen molar-refractivity contribution in [2.75, 3.05) is 5.32 Å². The predicted octanol–water partition coefficient (Wildman–Crippen LogP) is 4.10. The summed E-state index contributed by atoms with van der Waals surface area (Å²) in [6.07, 6.45) is 0. The third kappa shape index (κ3) is 3.30. The summed E-state index contributed by atoms with van der Waals surface area (Å²) in [5, 5.41) is 11.3. The van der Waals surface area contributed by atoms with Crippen LogP contribution in [0, 0.1) is 11.6 Å². The van der Waals surface area contributed by atoms with Crippen LogP contribution in [-0.2, 0) is 6.54 Å². The summed E-state index contributed by atoms with van der Waals surface area (Å²) in [6.45, 7) is 0.260. The van der Waals surface area contributed by atoms with Crippen molar-refractivity contribution in [1.29, 1.82) is 0 Å². The Labute approximate surface area is 120 Å². The molecular weight excluding hydrogens is 340 g/mol. The monoisotopic (exact) mass is 347 g/mol. The summed E-state index contributed by atoms with van der Waals surface area (Å²) in [7, 11) is 0. The van der Waals surface area contributed by atoms with Crippen molar-refractivity contribution in [3.8, 4) is 0 Å². The molecule has 19 heavy (non-hydrogen) atoms. The van der Waals surface area contributed by atoms with Crippen LogP contribution in [0.15, 0.2) is 28.1 Å². The zero-order valence-electron chi connectivity index (χ0n) is 9.41. The number of carbonyl (C=O) groups is 1. The van der Waals surface area contributed by atoms with E-state index in [-0.39, 0.29) is 12.2 Å². The lowest BCUT2D eigenvalue weighted by atomic mass is 10.2. The lowest BCUT2D eigenvalue weighted by Gasteiger charge is -2.08. The molecule has 0 atom stereocenters. The minimum Gasteiger partial charge on any atom is -0.478 e. The first kappa shape index (κ1) is 14.0. The van der Waals surface area contributed by atoms with Crippen molar-refractivity contribution in [3.05, 3.63) is 50.1 Å². The van der Waals surface area contributed by atoms with Gasteiger partial charge in [0.05, 0.1) is 9.35 Å². The lowest BCUT2D eigenvalue weighted by molar-refractivity contribution is 0.0696. The maximum atomic E-state index is 13.6. The van der Waals surface area contributed by atoms with Crippen LogP contribution >= 0.6 is 27.3 Å². The van der Waals surface area contributed by atoms with Gasteiger partial charge in [-0.1, -0.05) is 0 Å². The van der Waals surface area contributed by atoms with Gasteiger partial charge in [-0.05, 0) is 40.2 Å². The van der Waals surface area contributed by atoms with Crippen molar-refractivity contribution in [2.45, 2.75) is 6.54 Å². The number of hydrogen-bond acceptors (Lipinski definition) is 3. The highest BCUT2D eigenvalue weighted by Gasteiger charge is 2.14. The normalized spacial score (nSPS) is 10.5. The SMILES string of the molecule is O=C(O)c1cc(F)c(NCc2ccc(Br)s2)c(F)c1. The Balaban J connectivity index is 2.18. The van der Waals surface area contributed by atoms with E-state index in [1.165, 1.54) is 11.3 Å². The van der Waals surface area contributed by atoms with Gasteiger partial charge in [0.2, 0.25) is 0 Å². The van der Waals surface area contributed by atoms with E-state index >= 15 is 0 Å². The molecular formula is C12H8BrF2NO2S. The van der Waals surface area contributed by atoms with Crippen LogP contribution in [-0.4, -0.2) is 11.1 Å². The molecule has 0 amide bonds. The molecule has 7 heteroatoms. The van der Waals surface area contributed by atoms with Crippen molar-refractivity contribution in [1.82, 2.24) is 0 Å². The van der Waals surface area contributed by atoms with E-state index in [2.05, 4.69) is 21.2 Å². The van der Waals surface area contributed by atoms with Gasteiger partial charge in [-0.3, -0.25) is 0 Å². The minimum atomic E-state index is -1.37. The summed E-state index contributed by atoms with van der Waals surface area (Å²) >= 11 is 4.73. The van der Waals surface area contributed by atoms with Crippen LogP contribution in [0.3, 0.4) is 0 Å². The Hall–Kier alpha value is -1.47. The van der Waals surface area contributed by atoms with Crippen molar-refractivity contribution < 1.29 is 18.7 Å². The van der Waals surface area contributed by atoms with Gasteiger partial charge in [-0.2, -0.15) is 0 Å². The summed E-state index contributed by atoms with van der Waals surface area (Å²) < 4.78 is 28.1. The van der Waals surface area contributed by atoms with Crippen LogP contribution in [0.2, 0.25) is 0 Å². The summed E-state index contributed by atoms with van der Waals surface area (Å²) in [4.78, 5) is 11.5. The maximum Gasteiger partial charge on any atom is 0.335 e. The van der Waals surface area contributed by atoms with Crippen molar-refractivity contribution in [2.24, 2.45) is 0 Å². The third-order valence-electron chi connectivity index (χ3n) is 2.36. The highest BCUT2D eigenvalue weighted by molar-refractivity contribution is 9.11. The highest BCUT2D eigenvalue weighted by Crippen LogP contribution is 2.25. The molecule has 1 aromatic carbocycles. The van der Waals surface area contributed by atoms with E-state index in [4.69, 9.17) is 5.11 Å². The van der Waals surface area contributed by atoms with E-state index in [0.717, 1.165) is 20.8 Å². The van der Waals surface area contributed by atoms with E-state index in [9.17, 15) is 13.6 Å². The van der Waals surface area contributed by atoms with Gasteiger partial charge < -0.3 is 10.4 Å². The molecule has 1 aromatic heterocycles. The number of nitrogens with one attached hydrogen (secondary N) is 1. The second-order valence-electron chi connectivity index (χ2n) is 3.68. The van der Waals surface area contributed by atoms with E-state index < -0.39 is 23.2 Å². The van der Waals surface area contributed by atoms with Gasteiger partial charge in [0.15, 0.2) is 0 Å². The number of halogens is 3. The van der Waals surface area contributed by atoms with Gasteiger partial charge in [-0.15, -0.1) is 11.3 Å². The molecule has 0 aliphatic heterocycles. The fourth-order valence-corrected chi connectivity index (χ4v) is 2.91. The van der Waals surface area contributed by atoms with Gasteiger partial charge in [0, 0.05) is 11.4 Å². The highest BCUT2D eigenvalue weighted by atomic mass is 79.9. The molecule has 0 radical (unpaired) electrons. The van der Waals surface area contributed by atoms with E-state index in [0.29, 0.717) is 0 Å². The Bertz CT molecular complexity index is 607. The Morgan fingerprint density at radius 3 is 2.42 bits per heavy atom. The molecule has 0 fully saturated rings. The molecule has 2 N–H and O–H groups in total. The predicted molar refractivity (Wildman–Crippen MR) is 72.7 cm³/mol. The molecule has 0 aliphatic rings. The standard InChI is InChI=1S/C12H8BrF2NO2S/c13-10-2-1-7(19-10)5-16-11-8(14)3-6(12(17)18)4-9(11)15/h1-4,16H,5H2,(H,17,18). The molecule has 0 spiro atoms. The molecule has 0 bridgehead atoms. The average Bonchev–Trinajstić information content (AvgIpc) is 2.73. The van der Waals surface area contributed by atoms with Gasteiger partial charge >= 0.3 is 5.97 Å². The van der Waals surface area contributed by atoms with Crippen molar-refractivity contribution >= 4 is 38.9 Å². The number of carboxylic acid groups (broad SMARTS) is 1. The quantitative estimate of drug-likeness (QED) is 0.875. The molecule has 0 saturated carbocycles. The summed E-state index contributed by atoms with van der Waals surface area (Å²) in [5.74, 6) is -3.22. The fourth-order valence-electron chi connectivity index (χ4n) is 1.49. The van der Waals surface area contributed by atoms with Crippen LogP contribution < -0.4 is 5.32 Å². The molecule has 1 heterocycles. The first-order valence-electron chi connectivity index (χ1n) is 5.18. The number of aromatic carboxylic acids is 1. The maximum absolute atomic E-state index is 13.6. The fraction of sp³-hybridized carbons (Fsp3) is 0.0833. The number of rotatable bonds is 4. The molecule has 2 aromatic rings. The van der Waals surface area contributed by atoms with E-state index in [1.54, 1.807) is 0 Å². The zero-order valence-corrected chi connectivity index (χ0v) is 11.8. The topological polar surface area (TPSA) is 49.3 Å². The van der Waals surface area contributed by atoms with Crippen LogP contribution in [0.25, 0.3) is 0 Å². The van der Waals surface area contributed by atoms with Gasteiger partial charge in [-0.25, -0.2) is 13.6 Å². The second-order valence-corrected chi connectivity index (χ2v) is 6.23. The van der Waals surface area contributed by atoms with Gasteiger partial charge in [0.25, 0.3) is 0 Å². The molecule has 3 nitrogen and oxygen atoms in total.